The van der Waals surface area contributed by atoms with Crippen molar-refractivity contribution in [2.75, 3.05) is 13.2 Å². The predicted molar refractivity (Wildman–Crippen MR) is 74.5 cm³/mol. The highest BCUT2D eigenvalue weighted by Crippen LogP contribution is 2.26. The molecule has 1 aliphatic rings. The Bertz CT molecular complexity index is 565. The van der Waals surface area contributed by atoms with Crippen molar-refractivity contribution in [2.24, 2.45) is 0 Å². The number of phenolic OH excluding ortho intramolecular Hbond substituents is 1. The fourth-order valence-corrected chi connectivity index (χ4v) is 2.49. The summed E-state index contributed by atoms with van der Waals surface area (Å²) in [5.41, 5.74) is 0. The van der Waals surface area contributed by atoms with E-state index in [2.05, 4.69) is 10.3 Å². The lowest BCUT2D eigenvalue weighted by atomic mass is 10.1. The van der Waals surface area contributed by atoms with E-state index in [4.69, 9.17) is 4.74 Å². The summed E-state index contributed by atoms with van der Waals surface area (Å²) in [6.45, 7) is 1.69. The third kappa shape index (κ3) is 2.79. The SMILES string of the molecule is Oc1ccc2ccnc(OCC3CCCCN3)c2c1. The molecule has 19 heavy (non-hydrogen) atoms. The minimum Gasteiger partial charge on any atom is -0.508 e. The van der Waals surface area contributed by atoms with Crippen LogP contribution in [-0.2, 0) is 0 Å². The van der Waals surface area contributed by atoms with E-state index in [9.17, 15) is 5.11 Å². The lowest BCUT2D eigenvalue weighted by Crippen LogP contribution is -2.38. The molecule has 2 heterocycles. The van der Waals surface area contributed by atoms with Gasteiger partial charge >= 0.3 is 0 Å². The first-order valence-electron chi connectivity index (χ1n) is 6.77. The molecule has 4 nitrogen and oxygen atoms in total. The highest BCUT2D eigenvalue weighted by molar-refractivity contribution is 5.87. The second kappa shape index (κ2) is 5.45. The third-order valence-corrected chi connectivity index (χ3v) is 3.55. The molecule has 0 aliphatic carbocycles. The number of piperidine rings is 1. The standard InChI is InChI=1S/C15H18N2O2/c18-13-5-4-11-6-8-17-15(14(11)9-13)19-10-12-3-1-2-7-16-12/h4-6,8-9,12,16,18H,1-3,7,10H2. The number of fused-ring (bicyclic) bond motifs is 1. The second-order valence-corrected chi connectivity index (χ2v) is 4.98. The van der Waals surface area contributed by atoms with Crippen LogP contribution in [0.15, 0.2) is 30.5 Å². The van der Waals surface area contributed by atoms with E-state index >= 15 is 0 Å². The van der Waals surface area contributed by atoms with Gasteiger partial charge in [-0.3, -0.25) is 0 Å². The highest BCUT2D eigenvalue weighted by atomic mass is 16.5. The summed E-state index contributed by atoms with van der Waals surface area (Å²) in [6.07, 6.45) is 5.39. The fraction of sp³-hybridized carbons (Fsp3) is 0.400. The number of hydrogen-bond acceptors (Lipinski definition) is 4. The number of nitrogens with one attached hydrogen (secondary N) is 1. The van der Waals surface area contributed by atoms with Crippen molar-refractivity contribution in [2.45, 2.75) is 25.3 Å². The molecule has 2 N–H and O–H groups in total. The zero-order valence-corrected chi connectivity index (χ0v) is 10.8. The highest BCUT2D eigenvalue weighted by Gasteiger charge is 2.14. The van der Waals surface area contributed by atoms with E-state index < -0.39 is 0 Å². The fourth-order valence-electron chi connectivity index (χ4n) is 2.49. The van der Waals surface area contributed by atoms with E-state index in [1.54, 1.807) is 18.3 Å². The Kier molecular flexibility index (Phi) is 3.51. The van der Waals surface area contributed by atoms with Crippen LogP contribution in [-0.4, -0.2) is 29.3 Å². The van der Waals surface area contributed by atoms with E-state index in [-0.39, 0.29) is 5.75 Å². The van der Waals surface area contributed by atoms with Crippen molar-refractivity contribution in [3.8, 4) is 11.6 Å². The van der Waals surface area contributed by atoms with Gasteiger partial charge in [-0.05, 0) is 43.0 Å². The number of hydrogen-bond donors (Lipinski definition) is 2. The number of benzene rings is 1. The molecule has 0 amide bonds. The number of rotatable bonds is 3. The van der Waals surface area contributed by atoms with Gasteiger partial charge in [0.25, 0.3) is 0 Å². The molecule has 0 bridgehead atoms. The maximum Gasteiger partial charge on any atom is 0.221 e. The molecule has 0 spiro atoms. The topological polar surface area (TPSA) is 54.4 Å². The zero-order valence-electron chi connectivity index (χ0n) is 10.8. The lowest BCUT2D eigenvalue weighted by molar-refractivity contribution is 0.234. The van der Waals surface area contributed by atoms with Crippen LogP contribution < -0.4 is 10.1 Å². The molecule has 4 heteroatoms. The van der Waals surface area contributed by atoms with Gasteiger partial charge in [-0.25, -0.2) is 4.98 Å². The normalized spacial score (nSPS) is 19.5. The van der Waals surface area contributed by atoms with Gasteiger partial charge in [0, 0.05) is 17.6 Å². The van der Waals surface area contributed by atoms with E-state index in [1.807, 2.05) is 12.1 Å². The molecule has 3 rings (SSSR count). The summed E-state index contributed by atoms with van der Waals surface area (Å²) in [4.78, 5) is 4.27. The average molecular weight is 258 g/mol. The number of aromatic nitrogens is 1. The summed E-state index contributed by atoms with van der Waals surface area (Å²) >= 11 is 0. The van der Waals surface area contributed by atoms with Gasteiger partial charge in [-0.15, -0.1) is 0 Å². The quantitative estimate of drug-likeness (QED) is 0.888. The Hall–Kier alpha value is -1.81. The second-order valence-electron chi connectivity index (χ2n) is 4.98. The maximum absolute atomic E-state index is 9.58. The summed E-state index contributed by atoms with van der Waals surface area (Å²) < 4.78 is 5.83. The molecule has 1 fully saturated rings. The zero-order chi connectivity index (χ0) is 13.1. The Labute approximate surface area is 112 Å². The molecule has 1 aromatic carbocycles. The van der Waals surface area contributed by atoms with Gasteiger partial charge in [0.05, 0.1) is 0 Å². The molecule has 1 aromatic heterocycles. The first-order chi connectivity index (χ1) is 9.33. The molecule has 0 radical (unpaired) electrons. The third-order valence-electron chi connectivity index (χ3n) is 3.55. The molecule has 1 saturated heterocycles. The van der Waals surface area contributed by atoms with Crippen LogP contribution in [0.4, 0.5) is 0 Å². The van der Waals surface area contributed by atoms with E-state index in [0.29, 0.717) is 18.5 Å². The maximum atomic E-state index is 9.58. The molecule has 2 aromatic rings. The Morgan fingerprint density at radius 2 is 2.26 bits per heavy atom. The number of pyridine rings is 1. The first-order valence-corrected chi connectivity index (χ1v) is 6.77. The molecular weight excluding hydrogens is 240 g/mol. The van der Waals surface area contributed by atoms with Crippen LogP contribution in [0, 0.1) is 0 Å². The first kappa shape index (κ1) is 12.2. The lowest BCUT2D eigenvalue weighted by Gasteiger charge is -2.23. The summed E-state index contributed by atoms with van der Waals surface area (Å²) in [5.74, 6) is 0.835. The van der Waals surface area contributed by atoms with Crippen LogP contribution in [0.5, 0.6) is 11.6 Å². The van der Waals surface area contributed by atoms with Crippen molar-refractivity contribution in [1.29, 1.82) is 0 Å². The Balaban J connectivity index is 1.78. The van der Waals surface area contributed by atoms with Crippen LogP contribution in [0.25, 0.3) is 10.8 Å². The Morgan fingerprint density at radius 3 is 3.11 bits per heavy atom. The smallest absolute Gasteiger partial charge is 0.221 e. The molecule has 100 valence electrons. The molecular formula is C15H18N2O2. The van der Waals surface area contributed by atoms with Crippen LogP contribution >= 0.6 is 0 Å². The minimum absolute atomic E-state index is 0.237. The number of nitrogens with zero attached hydrogens (tertiary/aromatic N) is 1. The van der Waals surface area contributed by atoms with Gasteiger partial charge in [0.1, 0.15) is 12.4 Å². The number of ether oxygens (including phenoxy) is 1. The van der Waals surface area contributed by atoms with Crippen molar-refractivity contribution in [3.05, 3.63) is 30.5 Å². The largest absolute Gasteiger partial charge is 0.508 e. The summed E-state index contributed by atoms with van der Waals surface area (Å²) in [7, 11) is 0. The summed E-state index contributed by atoms with van der Waals surface area (Å²) in [5, 5.41) is 14.9. The Morgan fingerprint density at radius 1 is 1.32 bits per heavy atom. The summed E-state index contributed by atoms with van der Waals surface area (Å²) in [6, 6.07) is 7.57. The van der Waals surface area contributed by atoms with Crippen molar-refractivity contribution in [1.82, 2.24) is 10.3 Å². The average Bonchev–Trinajstić information content (AvgIpc) is 2.46. The van der Waals surface area contributed by atoms with Crippen LogP contribution in [0.3, 0.4) is 0 Å². The van der Waals surface area contributed by atoms with Gasteiger partial charge in [-0.1, -0.05) is 12.5 Å². The van der Waals surface area contributed by atoms with Crippen LogP contribution in [0.2, 0.25) is 0 Å². The molecule has 1 atom stereocenters. The molecule has 1 aliphatic heterocycles. The van der Waals surface area contributed by atoms with Gasteiger partial charge < -0.3 is 15.2 Å². The number of phenols is 1. The van der Waals surface area contributed by atoms with E-state index in [1.165, 1.54) is 12.8 Å². The van der Waals surface area contributed by atoms with Crippen molar-refractivity contribution < 1.29 is 9.84 Å². The molecule has 1 unspecified atom stereocenters. The van der Waals surface area contributed by atoms with Gasteiger partial charge in [-0.2, -0.15) is 0 Å². The van der Waals surface area contributed by atoms with E-state index in [0.717, 1.165) is 23.7 Å². The van der Waals surface area contributed by atoms with Crippen molar-refractivity contribution >= 4 is 10.8 Å². The monoisotopic (exact) mass is 258 g/mol. The van der Waals surface area contributed by atoms with Crippen molar-refractivity contribution in [3.63, 3.8) is 0 Å². The van der Waals surface area contributed by atoms with Crippen LogP contribution in [0.1, 0.15) is 19.3 Å². The van der Waals surface area contributed by atoms with Gasteiger partial charge in [0.15, 0.2) is 0 Å². The molecule has 0 saturated carbocycles. The predicted octanol–water partition coefficient (Wildman–Crippen LogP) is 2.46. The minimum atomic E-state index is 0.237. The van der Waals surface area contributed by atoms with Gasteiger partial charge in [0.2, 0.25) is 5.88 Å². The number of aromatic hydroxyl groups is 1.